The first-order valence-electron chi connectivity index (χ1n) is 4.88. The third-order valence-corrected chi connectivity index (χ3v) is 1.94. The first-order chi connectivity index (χ1) is 5.13. The Morgan fingerprint density at radius 2 is 1.45 bits per heavy atom. The van der Waals surface area contributed by atoms with Gasteiger partial charge in [-0.15, -0.1) is 0 Å². The standard InChI is InChI=1S/C10H23N/c1-9(2)7-5-4-6-8-10(3)11/h9-10H,4-8,11H2,1-3H3. The molecule has 2 N–H and O–H groups in total. The summed E-state index contributed by atoms with van der Waals surface area (Å²) in [5, 5.41) is 0. The molecule has 0 spiro atoms. The summed E-state index contributed by atoms with van der Waals surface area (Å²) in [7, 11) is 0. The van der Waals surface area contributed by atoms with Gasteiger partial charge >= 0.3 is 0 Å². The largest absolute Gasteiger partial charge is 0.328 e. The van der Waals surface area contributed by atoms with Crippen LogP contribution in [0.5, 0.6) is 0 Å². The molecule has 0 radical (unpaired) electrons. The first-order valence-corrected chi connectivity index (χ1v) is 4.88. The van der Waals surface area contributed by atoms with Gasteiger partial charge in [0.1, 0.15) is 0 Å². The monoisotopic (exact) mass is 157 g/mol. The van der Waals surface area contributed by atoms with Crippen LogP contribution in [0.15, 0.2) is 0 Å². The fraction of sp³-hybridized carbons (Fsp3) is 1.00. The summed E-state index contributed by atoms with van der Waals surface area (Å²) in [5.41, 5.74) is 5.63. The van der Waals surface area contributed by atoms with E-state index >= 15 is 0 Å². The Bertz CT molecular complexity index is 66.9. The molecule has 0 saturated heterocycles. The highest BCUT2D eigenvalue weighted by Gasteiger charge is 1.96. The molecule has 0 amide bonds. The zero-order chi connectivity index (χ0) is 8.69. The summed E-state index contributed by atoms with van der Waals surface area (Å²) >= 11 is 0. The van der Waals surface area contributed by atoms with Gasteiger partial charge in [-0.1, -0.05) is 39.5 Å². The van der Waals surface area contributed by atoms with E-state index in [1.165, 1.54) is 32.1 Å². The predicted molar refractivity (Wildman–Crippen MR) is 51.6 cm³/mol. The van der Waals surface area contributed by atoms with E-state index in [0.29, 0.717) is 6.04 Å². The molecular formula is C10H23N. The van der Waals surface area contributed by atoms with Crippen LogP contribution in [-0.2, 0) is 0 Å². The van der Waals surface area contributed by atoms with Crippen molar-refractivity contribution in [3.05, 3.63) is 0 Å². The molecule has 0 bridgehead atoms. The molecular weight excluding hydrogens is 134 g/mol. The van der Waals surface area contributed by atoms with Gasteiger partial charge in [0.15, 0.2) is 0 Å². The summed E-state index contributed by atoms with van der Waals surface area (Å²) in [6, 6.07) is 0.397. The van der Waals surface area contributed by atoms with E-state index in [-0.39, 0.29) is 0 Å². The lowest BCUT2D eigenvalue weighted by Crippen LogP contribution is -2.13. The van der Waals surface area contributed by atoms with Gasteiger partial charge < -0.3 is 5.73 Å². The van der Waals surface area contributed by atoms with Crippen LogP contribution < -0.4 is 5.73 Å². The number of unbranched alkanes of at least 4 members (excludes halogenated alkanes) is 2. The van der Waals surface area contributed by atoms with Crippen molar-refractivity contribution in [1.29, 1.82) is 0 Å². The maximum atomic E-state index is 5.63. The third-order valence-electron chi connectivity index (χ3n) is 1.94. The summed E-state index contributed by atoms with van der Waals surface area (Å²) in [5.74, 6) is 0.866. The minimum atomic E-state index is 0.397. The van der Waals surface area contributed by atoms with Gasteiger partial charge in [-0.3, -0.25) is 0 Å². The number of rotatable bonds is 6. The maximum Gasteiger partial charge on any atom is 0.00104 e. The van der Waals surface area contributed by atoms with Crippen molar-refractivity contribution in [2.24, 2.45) is 11.7 Å². The van der Waals surface area contributed by atoms with E-state index in [4.69, 9.17) is 5.73 Å². The van der Waals surface area contributed by atoms with Crippen LogP contribution in [0, 0.1) is 5.92 Å². The Labute approximate surface area is 71.4 Å². The highest BCUT2D eigenvalue weighted by atomic mass is 14.6. The van der Waals surface area contributed by atoms with E-state index in [0.717, 1.165) is 5.92 Å². The molecule has 68 valence electrons. The molecule has 0 saturated carbocycles. The van der Waals surface area contributed by atoms with Crippen molar-refractivity contribution in [3.63, 3.8) is 0 Å². The maximum absolute atomic E-state index is 5.63. The number of hydrogen-bond acceptors (Lipinski definition) is 1. The molecule has 0 aliphatic carbocycles. The van der Waals surface area contributed by atoms with Crippen LogP contribution in [-0.4, -0.2) is 6.04 Å². The van der Waals surface area contributed by atoms with Crippen molar-refractivity contribution in [2.75, 3.05) is 0 Å². The molecule has 1 nitrogen and oxygen atoms in total. The smallest absolute Gasteiger partial charge is 0.00104 e. The Morgan fingerprint density at radius 1 is 0.909 bits per heavy atom. The zero-order valence-corrected chi connectivity index (χ0v) is 8.27. The Balaban J connectivity index is 2.91. The van der Waals surface area contributed by atoms with Crippen LogP contribution in [0.2, 0.25) is 0 Å². The molecule has 0 rings (SSSR count). The fourth-order valence-electron chi connectivity index (χ4n) is 1.20. The summed E-state index contributed by atoms with van der Waals surface area (Å²) in [6.45, 7) is 6.65. The SMILES string of the molecule is CC(C)CCCCCC(C)N. The average molecular weight is 157 g/mol. The van der Waals surface area contributed by atoms with Crippen LogP contribution in [0.3, 0.4) is 0 Å². The van der Waals surface area contributed by atoms with E-state index < -0.39 is 0 Å². The molecule has 0 aliphatic heterocycles. The van der Waals surface area contributed by atoms with E-state index in [1.807, 2.05) is 0 Å². The van der Waals surface area contributed by atoms with E-state index in [2.05, 4.69) is 20.8 Å². The molecule has 0 aromatic carbocycles. The van der Waals surface area contributed by atoms with E-state index in [1.54, 1.807) is 0 Å². The first kappa shape index (κ1) is 11.0. The lowest BCUT2D eigenvalue weighted by molar-refractivity contribution is 0.506. The van der Waals surface area contributed by atoms with Gasteiger partial charge in [-0.25, -0.2) is 0 Å². The van der Waals surface area contributed by atoms with Gasteiger partial charge in [0.2, 0.25) is 0 Å². The second kappa shape index (κ2) is 6.66. The van der Waals surface area contributed by atoms with Crippen LogP contribution in [0.1, 0.15) is 52.9 Å². The van der Waals surface area contributed by atoms with Crippen LogP contribution >= 0.6 is 0 Å². The minimum absolute atomic E-state index is 0.397. The summed E-state index contributed by atoms with van der Waals surface area (Å²) in [6.07, 6.45) is 6.62. The van der Waals surface area contributed by atoms with Crippen molar-refractivity contribution in [3.8, 4) is 0 Å². The van der Waals surface area contributed by atoms with Crippen LogP contribution in [0.25, 0.3) is 0 Å². The fourth-order valence-corrected chi connectivity index (χ4v) is 1.20. The van der Waals surface area contributed by atoms with Crippen LogP contribution in [0.4, 0.5) is 0 Å². The average Bonchev–Trinajstić information content (AvgIpc) is 1.85. The lowest BCUT2D eigenvalue weighted by Gasteiger charge is -2.05. The third kappa shape index (κ3) is 9.96. The molecule has 0 aromatic heterocycles. The lowest BCUT2D eigenvalue weighted by atomic mass is 10.0. The van der Waals surface area contributed by atoms with Crippen molar-refractivity contribution in [1.82, 2.24) is 0 Å². The predicted octanol–water partition coefficient (Wildman–Crippen LogP) is 2.94. The molecule has 1 atom stereocenters. The molecule has 0 aliphatic rings. The van der Waals surface area contributed by atoms with E-state index in [9.17, 15) is 0 Å². The molecule has 1 unspecified atom stereocenters. The summed E-state index contributed by atoms with van der Waals surface area (Å²) in [4.78, 5) is 0. The van der Waals surface area contributed by atoms with Crippen molar-refractivity contribution < 1.29 is 0 Å². The zero-order valence-electron chi connectivity index (χ0n) is 8.27. The Morgan fingerprint density at radius 3 is 1.91 bits per heavy atom. The number of nitrogens with two attached hydrogens (primary N) is 1. The molecule has 0 aromatic rings. The van der Waals surface area contributed by atoms with Crippen molar-refractivity contribution in [2.45, 2.75) is 58.9 Å². The molecule has 0 heterocycles. The van der Waals surface area contributed by atoms with Crippen molar-refractivity contribution >= 4 is 0 Å². The quantitative estimate of drug-likeness (QED) is 0.589. The highest BCUT2D eigenvalue weighted by Crippen LogP contribution is 2.09. The molecule has 11 heavy (non-hydrogen) atoms. The van der Waals surface area contributed by atoms with Gasteiger partial charge in [0.25, 0.3) is 0 Å². The highest BCUT2D eigenvalue weighted by molar-refractivity contribution is 4.54. The van der Waals surface area contributed by atoms with Gasteiger partial charge in [0, 0.05) is 6.04 Å². The number of hydrogen-bond donors (Lipinski definition) is 1. The molecule has 0 fully saturated rings. The molecule has 1 heteroatoms. The van der Waals surface area contributed by atoms with Gasteiger partial charge in [-0.05, 0) is 19.3 Å². The topological polar surface area (TPSA) is 26.0 Å². The normalized spacial score (nSPS) is 13.9. The van der Waals surface area contributed by atoms with Gasteiger partial charge in [0.05, 0.1) is 0 Å². The summed E-state index contributed by atoms with van der Waals surface area (Å²) < 4.78 is 0. The van der Waals surface area contributed by atoms with Gasteiger partial charge in [-0.2, -0.15) is 0 Å². The minimum Gasteiger partial charge on any atom is -0.328 e. The Kier molecular flexibility index (Phi) is 6.63. The second-order valence-electron chi connectivity index (χ2n) is 4.01. The second-order valence-corrected chi connectivity index (χ2v) is 4.01. The Hall–Kier alpha value is -0.0400.